The number of non-ortho nitro benzene ring substituents is 1. The predicted molar refractivity (Wildman–Crippen MR) is 125 cm³/mol. The first kappa shape index (κ1) is 22.8. The van der Waals surface area contributed by atoms with Gasteiger partial charge in [0.1, 0.15) is 5.00 Å². The monoisotopic (exact) mass is 460 g/mol. The van der Waals surface area contributed by atoms with Crippen LogP contribution in [-0.2, 0) is 12.8 Å². The number of primary amides is 1. The van der Waals surface area contributed by atoms with E-state index in [4.69, 9.17) is 18.0 Å². The van der Waals surface area contributed by atoms with Gasteiger partial charge in [0.05, 0.1) is 10.5 Å². The summed E-state index contributed by atoms with van der Waals surface area (Å²) in [7, 11) is 0. The largest absolute Gasteiger partial charge is 0.365 e. The number of nitro benzene ring substituents is 1. The Labute approximate surface area is 189 Å². The molecule has 10 heteroatoms. The summed E-state index contributed by atoms with van der Waals surface area (Å²) < 4.78 is 0. The van der Waals surface area contributed by atoms with E-state index in [1.807, 2.05) is 0 Å². The van der Waals surface area contributed by atoms with Crippen LogP contribution in [0, 0.1) is 21.4 Å². The fourth-order valence-corrected chi connectivity index (χ4v) is 5.34. The predicted octanol–water partition coefficient (Wildman–Crippen LogP) is 4.03. The van der Waals surface area contributed by atoms with Gasteiger partial charge in [-0.05, 0) is 54.4 Å². The van der Waals surface area contributed by atoms with Gasteiger partial charge in [-0.15, -0.1) is 11.3 Å². The van der Waals surface area contributed by atoms with Gasteiger partial charge in [0.15, 0.2) is 5.11 Å². The van der Waals surface area contributed by atoms with Gasteiger partial charge in [-0.25, -0.2) is 0 Å². The summed E-state index contributed by atoms with van der Waals surface area (Å²) in [6.45, 7) is 6.63. The molecule has 0 spiro atoms. The molecular weight excluding hydrogens is 436 g/mol. The molecule has 8 nitrogen and oxygen atoms in total. The number of thiophene rings is 1. The van der Waals surface area contributed by atoms with E-state index in [2.05, 4.69) is 31.4 Å². The van der Waals surface area contributed by atoms with Gasteiger partial charge in [-0.2, -0.15) is 0 Å². The smallest absolute Gasteiger partial charge is 0.270 e. The molecule has 2 amide bonds. The Hall–Kier alpha value is -2.85. The van der Waals surface area contributed by atoms with Crippen molar-refractivity contribution in [3.05, 3.63) is 55.9 Å². The number of nitro groups is 1. The number of rotatable bonds is 4. The van der Waals surface area contributed by atoms with Gasteiger partial charge in [0.2, 0.25) is 0 Å². The van der Waals surface area contributed by atoms with Gasteiger partial charge < -0.3 is 11.1 Å². The van der Waals surface area contributed by atoms with E-state index in [0.29, 0.717) is 16.5 Å². The first-order valence-corrected chi connectivity index (χ1v) is 11.0. The highest BCUT2D eigenvalue weighted by Crippen LogP contribution is 2.44. The molecule has 1 heterocycles. The Bertz CT molecular complexity index is 1070. The molecule has 2 aromatic rings. The van der Waals surface area contributed by atoms with E-state index in [0.717, 1.165) is 29.7 Å². The molecule has 0 radical (unpaired) electrons. The lowest BCUT2D eigenvalue weighted by atomic mass is 9.72. The average molecular weight is 461 g/mol. The van der Waals surface area contributed by atoms with Crippen LogP contribution in [0.15, 0.2) is 24.3 Å². The first-order chi connectivity index (χ1) is 14.5. The SMILES string of the molecule is CC(C)(C)[C@H]1CCc2c(sc(NC(=S)NC(=O)c3cccc([N+](=O)[O-])c3)c2C(N)=O)C1. The van der Waals surface area contributed by atoms with Crippen molar-refractivity contribution in [1.29, 1.82) is 0 Å². The molecule has 164 valence electrons. The number of carbonyl (C=O) groups is 2. The van der Waals surface area contributed by atoms with E-state index in [-0.39, 0.29) is 21.8 Å². The number of hydrogen-bond donors (Lipinski definition) is 3. The highest BCUT2D eigenvalue weighted by molar-refractivity contribution is 7.80. The Balaban J connectivity index is 1.78. The number of thiocarbonyl (C=S) groups is 1. The maximum absolute atomic E-state index is 12.4. The number of nitrogens with two attached hydrogens (primary N) is 1. The normalized spacial score (nSPS) is 15.6. The molecule has 0 aliphatic heterocycles. The van der Waals surface area contributed by atoms with Crippen LogP contribution < -0.4 is 16.4 Å². The summed E-state index contributed by atoms with van der Waals surface area (Å²) in [5.74, 6) is -0.634. The zero-order valence-corrected chi connectivity index (χ0v) is 19.1. The van der Waals surface area contributed by atoms with E-state index < -0.39 is 16.7 Å². The first-order valence-electron chi connectivity index (χ1n) is 9.78. The minimum Gasteiger partial charge on any atom is -0.365 e. The van der Waals surface area contributed by atoms with Crippen molar-refractivity contribution in [3.63, 3.8) is 0 Å². The number of fused-ring (bicyclic) bond motifs is 1. The lowest BCUT2D eigenvalue weighted by Gasteiger charge is -2.33. The lowest BCUT2D eigenvalue weighted by Crippen LogP contribution is -2.34. The number of amides is 2. The van der Waals surface area contributed by atoms with Crippen LogP contribution in [0.25, 0.3) is 0 Å². The molecule has 1 aromatic heterocycles. The second-order valence-electron chi connectivity index (χ2n) is 8.59. The molecule has 1 aliphatic carbocycles. The van der Waals surface area contributed by atoms with Crippen molar-refractivity contribution in [2.75, 3.05) is 5.32 Å². The Morgan fingerprint density at radius 2 is 2.03 bits per heavy atom. The number of nitrogens with one attached hydrogen (secondary N) is 2. The van der Waals surface area contributed by atoms with E-state index in [1.165, 1.54) is 35.6 Å². The second-order valence-corrected chi connectivity index (χ2v) is 10.1. The van der Waals surface area contributed by atoms with Crippen molar-refractivity contribution < 1.29 is 14.5 Å². The Kier molecular flexibility index (Phi) is 6.42. The van der Waals surface area contributed by atoms with Crippen LogP contribution in [0.1, 0.15) is 58.3 Å². The third-order valence-corrected chi connectivity index (χ3v) is 6.88. The van der Waals surface area contributed by atoms with Gasteiger partial charge in [-0.1, -0.05) is 26.8 Å². The van der Waals surface area contributed by atoms with Crippen molar-refractivity contribution >= 4 is 51.2 Å². The van der Waals surface area contributed by atoms with Crippen LogP contribution >= 0.6 is 23.6 Å². The molecule has 1 aromatic carbocycles. The molecule has 1 aliphatic rings. The van der Waals surface area contributed by atoms with Gasteiger partial charge in [0.25, 0.3) is 17.5 Å². The van der Waals surface area contributed by atoms with Crippen molar-refractivity contribution in [2.45, 2.75) is 40.0 Å². The number of nitrogens with zero attached hydrogens (tertiary/aromatic N) is 1. The number of carbonyl (C=O) groups excluding carboxylic acids is 2. The summed E-state index contributed by atoms with van der Waals surface area (Å²) >= 11 is 6.67. The zero-order chi connectivity index (χ0) is 22.9. The molecule has 0 saturated carbocycles. The molecule has 0 unspecified atom stereocenters. The Morgan fingerprint density at radius 1 is 1.32 bits per heavy atom. The molecule has 1 atom stereocenters. The summed E-state index contributed by atoms with van der Waals surface area (Å²) in [5, 5.41) is 16.8. The minimum absolute atomic E-state index is 0.00928. The standard InChI is InChI=1S/C21H24N4O4S2/c1-21(2,3)12-7-8-14-15(10-12)31-19(16(14)17(22)26)24-20(30)23-18(27)11-5-4-6-13(9-11)25(28)29/h4-6,9,12H,7-8,10H2,1-3H3,(H2,22,26)(H2,23,24,27,30)/t12-/m0/s1. The van der Waals surface area contributed by atoms with Gasteiger partial charge in [-0.3, -0.25) is 25.0 Å². The molecule has 0 saturated heterocycles. The maximum Gasteiger partial charge on any atom is 0.270 e. The summed E-state index contributed by atoms with van der Waals surface area (Å²) in [6, 6.07) is 5.35. The Morgan fingerprint density at radius 3 is 2.65 bits per heavy atom. The fraction of sp³-hybridized carbons (Fsp3) is 0.381. The van der Waals surface area contributed by atoms with Crippen molar-refractivity contribution in [1.82, 2.24) is 5.32 Å². The van der Waals surface area contributed by atoms with E-state index in [9.17, 15) is 19.7 Å². The zero-order valence-electron chi connectivity index (χ0n) is 17.5. The quantitative estimate of drug-likeness (QED) is 0.359. The summed E-state index contributed by atoms with van der Waals surface area (Å²) in [4.78, 5) is 36.0. The highest BCUT2D eigenvalue weighted by Gasteiger charge is 2.33. The molecule has 31 heavy (non-hydrogen) atoms. The molecule has 3 rings (SSSR count). The van der Waals surface area contributed by atoms with Crippen LogP contribution in [0.4, 0.5) is 10.7 Å². The number of anilines is 1. The van der Waals surface area contributed by atoms with Gasteiger partial charge >= 0.3 is 0 Å². The van der Waals surface area contributed by atoms with Crippen LogP contribution in [-0.4, -0.2) is 21.9 Å². The lowest BCUT2D eigenvalue weighted by molar-refractivity contribution is -0.384. The van der Waals surface area contributed by atoms with Gasteiger partial charge in [0, 0.05) is 22.6 Å². The number of benzene rings is 1. The minimum atomic E-state index is -0.587. The highest BCUT2D eigenvalue weighted by atomic mass is 32.1. The van der Waals surface area contributed by atoms with E-state index >= 15 is 0 Å². The number of hydrogen-bond acceptors (Lipinski definition) is 6. The fourth-order valence-electron chi connectivity index (χ4n) is 3.74. The van der Waals surface area contributed by atoms with Crippen LogP contribution in [0.2, 0.25) is 0 Å². The topological polar surface area (TPSA) is 127 Å². The maximum atomic E-state index is 12.4. The second kappa shape index (κ2) is 8.72. The van der Waals surface area contributed by atoms with Crippen LogP contribution in [0.5, 0.6) is 0 Å². The average Bonchev–Trinajstić information content (AvgIpc) is 3.04. The van der Waals surface area contributed by atoms with E-state index in [1.54, 1.807) is 0 Å². The third-order valence-electron chi connectivity index (χ3n) is 5.51. The molecule has 0 bridgehead atoms. The third kappa shape index (κ3) is 5.08. The molecule has 4 N–H and O–H groups in total. The summed E-state index contributed by atoms with van der Waals surface area (Å²) in [5.41, 5.74) is 7.09. The molecular formula is C21H24N4O4S2. The van der Waals surface area contributed by atoms with Crippen molar-refractivity contribution in [2.24, 2.45) is 17.1 Å². The van der Waals surface area contributed by atoms with Crippen LogP contribution in [0.3, 0.4) is 0 Å². The summed E-state index contributed by atoms with van der Waals surface area (Å²) in [6.07, 6.45) is 2.60. The van der Waals surface area contributed by atoms with Crippen molar-refractivity contribution in [3.8, 4) is 0 Å². The molecule has 0 fully saturated rings.